The van der Waals surface area contributed by atoms with E-state index in [1.807, 2.05) is 0 Å². The minimum Gasteiger partial charge on any atom is -0.397 e. The Balaban J connectivity index is 2.31. The van der Waals surface area contributed by atoms with Crippen LogP contribution >= 0.6 is 0 Å². The number of hydrogen-bond donors (Lipinski definition) is 2. The number of rotatable bonds is 2. The Bertz CT molecular complexity index is 582. The maximum atomic E-state index is 11.3. The third kappa shape index (κ3) is 3.19. The monoisotopic (exact) mass is 283 g/mol. The molecule has 0 aliphatic carbocycles. The van der Waals surface area contributed by atoms with E-state index in [4.69, 9.17) is 10.9 Å². The lowest BCUT2D eigenvalue weighted by molar-refractivity contribution is 0.293. The zero-order valence-electron chi connectivity index (χ0n) is 11.4. The van der Waals surface area contributed by atoms with Crippen LogP contribution in [0.2, 0.25) is 0 Å². The number of anilines is 2. The molecule has 1 fully saturated rings. The normalized spacial score (nSPS) is 19.4. The number of nitrogens with two attached hydrogens (primary N) is 2. The zero-order chi connectivity index (χ0) is 14.3. The summed E-state index contributed by atoms with van der Waals surface area (Å²) in [4.78, 5) is 2.27. The Morgan fingerprint density at radius 3 is 2.53 bits per heavy atom. The number of sulfonamides is 1. The Labute approximate surface area is 114 Å². The molecule has 106 valence electrons. The van der Waals surface area contributed by atoms with Crippen molar-refractivity contribution < 1.29 is 8.42 Å². The van der Waals surface area contributed by atoms with Gasteiger partial charge in [-0.1, -0.05) is 13.8 Å². The van der Waals surface area contributed by atoms with Gasteiger partial charge in [0.2, 0.25) is 10.0 Å². The average Bonchev–Trinajstić information content (AvgIpc) is 2.26. The summed E-state index contributed by atoms with van der Waals surface area (Å²) in [6, 6.07) is 4.70. The number of benzene rings is 1. The van der Waals surface area contributed by atoms with E-state index in [1.54, 1.807) is 6.07 Å². The van der Waals surface area contributed by atoms with Crippen LogP contribution in [-0.4, -0.2) is 21.5 Å². The number of nitrogen functional groups attached to an aromatic ring is 1. The second-order valence-electron chi connectivity index (χ2n) is 5.95. The third-order valence-corrected chi connectivity index (χ3v) is 4.48. The number of nitrogens with zero attached hydrogens (tertiary/aromatic N) is 1. The summed E-state index contributed by atoms with van der Waals surface area (Å²) in [7, 11) is -3.69. The molecule has 0 bridgehead atoms. The molecule has 0 amide bonds. The van der Waals surface area contributed by atoms with E-state index in [9.17, 15) is 8.42 Å². The van der Waals surface area contributed by atoms with Gasteiger partial charge in [-0.2, -0.15) is 0 Å². The van der Waals surface area contributed by atoms with Gasteiger partial charge in [-0.3, -0.25) is 0 Å². The quantitative estimate of drug-likeness (QED) is 0.806. The van der Waals surface area contributed by atoms with Crippen molar-refractivity contribution in [1.29, 1.82) is 0 Å². The molecule has 0 radical (unpaired) electrons. The first-order chi connectivity index (χ1) is 8.69. The fourth-order valence-corrected chi connectivity index (χ4v) is 3.18. The summed E-state index contributed by atoms with van der Waals surface area (Å²) in [5.74, 6) is 0. The zero-order valence-corrected chi connectivity index (χ0v) is 12.2. The van der Waals surface area contributed by atoms with Crippen molar-refractivity contribution in [2.24, 2.45) is 10.6 Å². The van der Waals surface area contributed by atoms with E-state index in [1.165, 1.54) is 18.6 Å². The van der Waals surface area contributed by atoms with Gasteiger partial charge in [0, 0.05) is 13.1 Å². The minimum absolute atomic E-state index is 0.0602. The highest BCUT2D eigenvalue weighted by atomic mass is 32.2. The van der Waals surface area contributed by atoms with Gasteiger partial charge in [-0.15, -0.1) is 0 Å². The summed E-state index contributed by atoms with van der Waals surface area (Å²) >= 11 is 0. The van der Waals surface area contributed by atoms with E-state index in [0.29, 0.717) is 5.69 Å². The predicted octanol–water partition coefficient (Wildman–Crippen LogP) is 1.54. The van der Waals surface area contributed by atoms with Gasteiger partial charge < -0.3 is 10.6 Å². The van der Waals surface area contributed by atoms with Crippen LogP contribution in [0.3, 0.4) is 0 Å². The molecule has 0 atom stereocenters. The lowest BCUT2D eigenvalue weighted by atomic mass is 9.84. The first kappa shape index (κ1) is 14.1. The standard InChI is InChI=1S/C13H21N3O2S/c1-13(2)6-3-7-16(9-13)12-5-4-10(8-11(12)14)19(15,17)18/h4-5,8H,3,6-7,9,14H2,1-2H3,(H2,15,17,18). The van der Waals surface area contributed by atoms with Crippen molar-refractivity contribution in [3.05, 3.63) is 18.2 Å². The summed E-state index contributed by atoms with van der Waals surface area (Å²) < 4.78 is 22.6. The van der Waals surface area contributed by atoms with Crippen molar-refractivity contribution >= 4 is 21.4 Å². The Kier molecular flexibility index (Phi) is 3.49. The van der Waals surface area contributed by atoms with Gasteiger partial charge in [0.1, 0.15) is 0 Å². The molecule has 0 saturated carbocycles. The number of hydrogen-bond acceptors (Lipinski definition) is 4. The second-order valence-corrected chi connectivity index (χ2v) is 7.52. The highest BCUT2D eigenvalue weighted by molar-refractivity contribution is 7.89. The number of piperidine rings is 1. The van der Waals surface area contributed by atoms with Gasteiger partial charge >= 0.3 is 0 Å². The summed E-state index contributed by atoms with van der Waals surface area (Å²) in [6.07, 6.45) is 2.31. The SMILES string of the molecule is CC1(C)CCCN(c2ccc(S(N)(=O)=O)cc2N)C1. The highest BCUT2D eigenvalue weighted by Crippen LogP contribution is 2.34. The highest BCUT2D eigenvalue weighted by Gasteiger charge is 2.27. The van der Waals surface area contributed by atoms with E-state index in [-0.39, 0.29) is 10.3 Å². The first-order valence-electron chi connectivity index (χ1n) is 6.36. The largest absolute Gasteiger partial charge is 0.397 e. The van der Waals surface area contributed by atoms with Gasteiger partial charge in [0.15, 0.2) is 0 Å². The van der Waals surface area contributed by atoms with Crippen LogP contribution in [0.4, 0.5) is 11.4 Å². The molecule has 1 aliphatic heterocycles. The average molecular weight is 283 g/mol. The molecule has 5 nitrogen and oxygen atoms in total. The van der Waals surface area contributed by atoms with Gasteiger partial charge in [-0.05, 0) is 36.5 Å². The van der Waals surface area contributed by atoms with Crippen molar-refractivity contribution in [1.82, 2.24) is 0 Å². The molecule has 0 unspecified atom stereocenters. The van der Waals surface area contributed by atoms with Crippen LogP contribution in [0.1, 0.15) is 26.7 Å². The third-order valence-electron chi connectivity index (χ3n) is 3.57. The van der Waals surface area contributed by atoms with Crippen LogP contribution in [0.25, 0.3) is 0 Å². The smallest absolute Gasteiger partial charge is 0.238 e. The van der Waals surface area contributed by atoms with E-state index in [2.05, 4.69) is 18.7 Å². The van der Waals surface area contributed by atoms with E-state index < -0.39 is 10.0 Å². The molecule has 1 aromatic rings. The Hall–Kier alpha value is -1.27. The van der Waals surface area contributed by atoms with Gasteiger partial charge in [0.05, 0.1) is 16.3 Å². The van der Waals surface area contributed by atoms with Crippen LogP contribution in [0.5, 0.6) is 0 Å². The Morgan fingerprint density at radius 1 is 1.32 bits per heavy atom. The second kappa shape index (κ2) is 4.68. The van der Waals surface area contributed by atoms with Crippen LogP contribution in [-0.2, 0) is 10.0 Å². The maximum absolute atomic E-state index is 11.3. The molecule has 2 rings (SSSR count). The fraction of sp³-hybridized carbons (Fsp3) is 0.538. The lowest BCUT2D eigenvalue weighted by Gasteiger charge is -2.39. The fourth-order valence-electron chi connectivity index (χ4n) is 2.63. The van der Waals surface area contributed by atoms with Crippen LogP contribution in [0, 0.1) is 5.41 Å². The summed E-state index contributed by atoms with van der Waals surface area (Å²) in [5.41, 5.74) is 7.58. The van der Waals surface area contributed by atoms with E-state index in [0.717, 1.165) is 25.2 Å². The maximum Gasteiger partial charge on any atom is 0.238 e. The lowest BCUT2D eigenvalue weighted by Crippen LogP contribution is -2.40. The molecule has 1 aliphatic rings. The van der Waals surface area contributed by atoms with Gasteiger partial charge in [-0.25, -0.2) is 13.6 Å². The molecular formula is C13H21N3O2S. The van der Waals surface area contributed by atoms with Crippen molar-refractivity contribution in [2.75, 3.05) is 23.7 Å². The van der Waals surface area contributed by atoms with Crippen molar-refractivity contribution in [3.8, 4) is 0 Å². The molecule has 19 heavy (non-hydrogen) atoms. The first-order valence-corrected chi connectivity index (χ1v) is 7.91. The molecular weight excluding hydrogens is 262 g/mol. The predicted molar refractivity (Wildman–Crippen MR) is 77.5 cm³/mol. The molecule has 0 spiro atoms. The minimum atomic E-state index is -3.69. The molecule has 1 saturated heterocycles. The van der Waals surface area contributed by atoms with Crippen molar-refractivity contribution in [2.45, 2.75) is 31.6 Å². The molecule has 1 aromatic carbocycles. The van der Waals surface area contributed by atoms with Crippen molar-refractivity contribution in [3.63, 3.8) is 0 Å². The van der Waals surface area contributed by atoms with E-state index >= 15 is 0 Å². The van der Waals surface area contributed by atoms with Crippen LogP contribution in [0.15, 0.2) is 23.1 Å². The molecule has 6 heteroatoms. The summed E-state index contributed by atoms with van der Waals surface area (Å²) in [5, 5.41) is 5.10. The Morgan fingerprint density at radius 2 is 2.00 bits per heavy atom. The topological polar surface area (TPSA) is 89.4 Å². The number of primary sulfonamides is 1. The molecule has 1 heterocycles. The molecule has 0 aromatic heterocycles. The molecule has 4 N–H and O–H groups in total. The summed E-state index contributed by atoms with van der Waals surface area (Å²) in [6.45, 7) is 6.33. The van der Waals surface area contributed by atoms with Gasteiger partial charge in [0.25, 0.3) is 0 Å². The van der Waals surface area contributed by atoms with Crippen LogP contribution < -0.4 is 15.8 Å².